The number of hydrogen-bond acceptors (Lipinski definition) is 9. The Labute approximate surface area is 269 Å². The Morgan fingerprint density at radius 3 is 2.67 bits per heavy atom. The first-order valence-corrected chi connectivity index (χ1v) is 16.9. The largest absolute Gasteiger partial charge is 0.457 e. The van der Waals surface area contributed by atoms with Crippen molar-refractivity contribution >= 4 is 12.1 Å². The molecule has 10 atom stereocenters. The molecule has 3 heterocycles. The Morgan fingerprint density at radius 1 is 1.27 bits per heavy atom. The number of carbonyl (C=O) groups is 2. The van der Waals surface area contributed by atoms with Crippen LogP contribution < -0.4 is 5.32 Å². The second-order valence-electron chi connectivity index (χ2n) is 13.7. The molecule has 0 aromatic rings. The summed E-state index contributed by atoms with van der Waals surface area (Å²) in [5.74, 6) is -0.448. The molecule has 0 aromatic carbocycles. The molecule has 45 heavy (non-hydrogen) atoms. The van der Waals surface area contributed by atoms with E-state index in [9.17, 15) is 24.9 Å². The number of nitrogens with one attached hydrogen (secondary N) is 1. The average Bonchev–Trinajstić information content (AvgIpc) is 3.54. The van der Waals surface area contributed by atoms with E-state index in [1.807, 2.05) is 45.9 Å². The van der Waals surface area contributed by atoms with Gasteiger partial charge in [-0.05, 0) is 83.0 Å². The maximum absolute atomic E-state index is 12.8. The standard InChI is InChI=1S/C35H58N2O8/c1-7-28(39)26(5)33-29(43-33)21-23(2)11-10-12-24(3)32-25(4)13-14-30(35(6,42)16-15-27(38)22-31(40)45-32)44-34(41)36-17-20-37-18-8-9-19-37/h10-14,23,25-30,32-33,38-39,42H,7-9,15-22H2,1-6H3,(H,36,41)/b11-10+,14-13+,24-12+. The monoisotopic (exact) mass is 634 g/mol. The van der Waals surface area contributed by atoms with Gasteiger partial charge in [-0.25, -0.2) is 4.79 Å². The lowest BCUT2D eigenvalue weighted by Gasteiger charge is -2.32. The summed E-state index contributed by atoms with van der Waals surface area (Å²) in [4.78, 5) is 27.8. The van der Waals surface area contributed by atoms with Crippen LogP contribution in [0.4, 0.5) is 4.79 Å². The van der Waals surface area contributed by atoms with Gasteiger partial charge in [-0.3, -0.25) is 4.79 Å². The molecule has 10 unspecified atom stereocenters. The summed E-state index contributed by atoms with van der Waals surface area (Å²) >= 11 is 0. The highest BCUT2D eigenvalue weighted by molar-refractivity contribution is 5.70. The van der Waals surface area contributed by atoms with Gasteiger partial charge < -0.3 is 39.7 Å². The number of ether oxygens (including phenoxy) is 3. The van der Waals surface area contributed by atoms with Crippen molar-refractivity contribution in [1.29, 1.82) is 0 Å². The van der Waals surface area contributed by atoms with Crippen molar-refractivity contribution in [2.75, 3.05) is 26.2 Å². The number of rotatable bonds is 12. The smallest absolute Gasteiger partial charge is 0.407 e. The zero-order chi connectivity index (χ0) is 33.1. The number of cyclic esters (lactones) is 1. The first kappa shape index (κ1) is 37.2. The fraction of sp³-hybridized carbons (Fsp3) is 0.771. The number of esters is 1. The number of aliphatic hydroxyl groups excluding tert-OH is 2. The fourth-order valence-corrected chi connectivity index (χ4v) is 6.27. The van der Waals surface area contributed by atoms with Crippen molar-refractivity contribution in [2.24, 2.45) is 17.8 Å². The van der Waals surface area contributed by atoms with E-state index in [2.05, 4.69) is 23.2 Å². The summed E-state index contributed by atoms with van der Waals surface area (Å²) < 4.78 is 17.4. The third kappa shape index (κ3) is 12.1. The van der Waals surface area contributed by atoms with Crippen molar-refractivity contribution < 1.29 is 39.1 Å². The molecule has 1 amide bonds. The number of epoxide rings is 1. The van der Waals surface area contributed by atoms with Crippen LogP contribution in [0.25, 0.3) is 0 Å². The van der Waals surface area contributed by atoms with Gasteiger partial charge in [-0.15, -0.1) is 0 Å². The first-order valence-electron chi connectivity index (χ1n) is 16.9. The SMILES string of the molecule is CCC(O)C(C)C1OC1CC(C)/C=C/C=C(\C)C1OC(=O)CC(O)CCC(C)(O)C(OC(=O)NCCN2CCCC2)/C=C/C1C. The molecular formula is C35H58N2O8. The van der Waals surface area contributed by atoms with Crippen LogP contribution in [0.3, 0.4) is 0 Å². The number of alkyl carbamates (subject to hydrolysis) is 1. The van der Waals surface area contributed by atoms with Gasteiger partial charge >= 0.3 is 12.1 Å². The molecular weight excluding hydrogens is 576 g/mol. The predicted molar refractivity (Wildman–Crippen MR) is 173 cm³/mol. The van der Waals surface area contributed by atoms with Gasteiger partial charge in [-0.2, -0.15) is 0 Å². The Kier molecular flexibility index (Phi) is 14.6. The summed E-state index contributed by atoms with van der Waals surface area (Å²) in [5.41, 5.74) is -0.637. The van der Waals surface area contributed by atoms with E-state index in [0.29, 0.717) is 13.0 Å². The number of likely N-dealkylation sites (tertiary alicyclic amines) is 1. The third-order valence-electron chi connectivity index (χ3n) is 9.47. The van der Waals surface area contributed by atoms with Crippen LogP contribution in [0.5, 0.6) is 0 Å². The minimum atomic E-state index is -1.46. The highest BCUT2D eigenvalue weighted by atomic mass is 16.6. The van der Waals surface area contributed by atoms with Crippen LogP contribution in [0.2, 0.25) is 0 Å². The van der Waals surface area contributed by atoms with Crippen molar-refractivity contribution in [3.63, 3.8) is 0 Å². The molecule has 10 nitrogen and oxygen atoms in total. The van der Waals surface area contributed by atoms with E-state index in [0.717, 1.165) is 31.6 Å². The average molecular weight is 635 g/mol. The van der Waals surface area contributed by atoms with Crippen LogP contribution in [-0.2, 0) is 19.0 Å². The number of aliphatic hydroxyl groups is 3. The molecule has 0 radical (unpaired) electrons. The Balaban J connectivity index is 1.65. The molecule has 4 N–H and O–H groups in total. The van der Waals surface area contributed by atoms with Gasteiger partial charge in [0.1, 0.15) is 11.7 Å². The lowest BCUT2D eigenvalue weighted by molar-refractivity contribution is -0.151. The van der Waals surface area contributed by atoms with Crippen molar-refractivity contribution in [3.05, 3.63) is 36.0 Å². The first-order chi connectivity index (χ1) is 21.3. The molecule has 0 saturated carbocycles. The number of amides is 1. The van der Waals surface area contributed by atoms with Crippen molar-refractivity contribution in [1.82, 2.24) is 10.2 Å². The van der Waals surface area contributed by atoms with Gasteiger partial charge in [0.05, 0.1) is 30.8 Å². The van der Waals surface area contributed by atoms with E-state index in [4.69, 9.17) is 14.2 Å². The number of allylic oxidation sites excluding steroid dienone is 3. The minimum Gasteiger partial charge on any atom is -0.457 e. The molecule has 10 heteroatoms. The summed E-state index contributed by atoms with van der Waals surface area (Å²) in [6.07, 6.45) is 10.1. The van der Waals surface area contributed by atoms with Gasteiger partial charge in [0.15, 0.2) is 6.10 Å². The normalized spacial score (nSPS) is 34.7. The molecule has 256 valence electrons. The Hall–Kier alpha value is -2.24. The molecule has 2 fully saturated rings. The number of carbonyl (C=O) groups excluding carboxylic acids is 2. The molecule has 0 aliphatic carbocycles. The van der Waals surface area contributed by atoms with Crippen LogP contribution in [-0.4, -0.2) is 101 Å². The van der Waals surface area contributed by atoms with Crippen LogP contribution in [0, 0.1) is 17.8 Å². The predicted octanol–water partition coefficient (Wildman–Crippen LogP) is 4.28. The molecule has 3 aliphatic heterocycles. The minimum absolute atomic E-state index is 0.0984. The zero-order valence-electron chi connectivity index (χ0n) is 28.2. The van der Waals surface area contributed by atoms with Crippen molar-refractivity contribution in [3.8, 4) is 0 Å². The van der Waals surface area contributed by atoms with E-state index in [1.165, 1.54) is 12.8 Å². The van der Waals surface area contributed by atoms with E-state index in [1.54, 1.807) is 13.0 Å². The lowest BCUT2D eigenvalue weighted by atomic mass is 9.88. The highest BCUT2D eigenvalue weighted by Crippen LogP contribution is 2.36. The maximum Gasteiger partial charge on any atom is 0.407 e. The van der Waals surface area contributed by atoms with Gasteiger partial charge in [0.2, 0.25) is 0 Å². The van der Waals surface area contributed by atoms with E-state index < -0.39 is 36.0 Å². The zero-order valence-corrected chi connectivity index (χ0v) is 28.2. The topological polar surface area (TPSA) is 141 Å². The summed E-state index contributed by atoms with van der Waals surface area (Å²) in [7, 11) is 0. The van der Waals surface area contributed by atoms with Gasteiger partial charge in [0, 0.05) is 24.9 Å². The second kappa shape index (κ2) is 17.6. The second-order valence-corrected chi connectivity index (χ2v) is 13.7. The van der Waals surface area contributed by atoms with Crippen LogP contribution in [0.1, 0.15) is 86.5 Å². The lowest BCUT2D eigenvalue weighted by Crippen LogP contribution is -2.45. The van der Waals surface area contributed by atoms with Crippen LogP contribution in [0.15, 0.2) is 36.0 Å². The summed E-state index contributed by atoms with van der Waals surface area (Å²) in [6.45, 7) is 14.8. The number of nitrogens with zero attached hydrogens (tertiary/aromatic N) is 1. The molecule has 3 aliphatic rings. The quantitative estimate of drug-likeness (QED) is 0.107. The van der Waals surface area contributed by atoms with Gasteiger partial charge in [-0.1, -0.05) is 52.0 Å². The molecule has 3 rings (SSSR count). The molecule has 0 spiro atoms. The molecule has 2 saturated heterocycles. The highest BCUT2D eigenvalue weighted by Gasteiger charge is 2.45. The number of hydrogen-bond donors (Lipinski definition) is 4. The van der Waals surface area contributed by atoms with Crippen LogP contribution >= 0.6 is 0 Å². The van der Waals surface area contributed by atoms with E-state index in [-0.39, 0.29) is 55.3 Å². The molecule has 0 aromatic heterocycles. The Morgan fingerprint density at radius 2 is 1.98 bits per heavy atom. The summed E-state index contributed by atoms with van der Waals surface area (Å²) in [5, 5.41) is 34.8. The van der Waals surface area contributed by atoms with Gasteiger partial charge in [0.25, 0.3) is 0 Å². The Bertz CT molecular complexity index is 1040. The fourth-order valence-electron chi connectivity index (χ4n) is 6.27. The van der Waals surface area contributed by atoms with Crippen molar-refractivity contribution in [2.45, 2.75) is 129 Å². The third-order valence-corrected chi connectivity index (χ3v) is 9.47. The molecule has 0 bridgehead atoms. The summed E-state index contributed by atoms with van der Waals surface area (Å²) in [6, 6.07) is 0. The van der Waals surface area contributed by atoms with E-state index >= 15 is 0 Å². The maximum atomic E-state index is 12.8.